The van der Waals surface area contributed by atoms with Gasteiger partial charge in [-0.15, -0.1) is 0 Å². The normalized spacial score (nSPS) is 18.5. The number of carbonyl (C=O) groups excluding carboxylic acids is 1. The van der Waals surface area contributed by atoms with Crippen molar-refractivity contribution in [2.75, 3.05) is 7.11 Å². The molecule has 0 amide bonds. The molecule has 0 unspecified atom stereocenters. The number of aromatic nitrogens is 2. The molecule has 4 heteroatoms. The maximum Gasteiger partial charge on any atom is 0.316 e. The number of ketones is 1. The van der Waals surface area contributed by atoms with Gasteiger partial charge in [0.1, 0.15) is 0 Å². The van der Waals surface area contributed by atoms with Crippen molar-refractivity contribution >= 4 is 5.78 Å². The van der Waals surface area contributed by atoms with E-state index in [4.69, 9.17) is 4.74 Å². The first-order valence-corrected chi connectivity index (χ1v) is 4.99. The first kappa shape index (κ1) is 10.1. The second-order valence-electron chi connectivity index (χ2n) is 4.43. The van der Waals surface area contributed by atoms with Crippen molar-refractivity contribution in [2.45, 2.75) is 26.7 Å². The largest absolute Gasteiger partial charge is 0.467 e. The van der Waals surface area contributed by atoms with E-state index in [0.717, 1.165) is 18.5 Å². The lowest BCUT2D eigenvalue weighted by Gasteiger charge is -2.28. The van der Waals surface area contributed by atoms with Crippen LogP contribution in [0, 0.1) is 5.41 Å². The Labute approximate surface area is 88.7 Å². The lowest BCUT2D eigenvalue weighted by Crippen LogP contribution is -2.31. The standard InChI is InChI=1S/C11H14N2O2/c1-11(2)5-4-8-7(9(11)14)6-12-10(13-8)15-3/h6H,4-5H2,1-3H3. The third-order valence-electron chi connectivity index (χ3n) is 2.87. The van der Waals surface area contributed by atoms with Crippen molar-refractivity contribution in [3.8, 4) is 6.01 Å². The highest BCUT2D eigenvalue weighted by Gasteiger charge is 2.35. The van der Waals surface area contributed by atoms with E-state index in [1.807, 2.05) is 13.8 Å². The highest BCUT2D eigenvalue weighted by atomic mass is 16.5. The highest BCUT2D eigenvalue weighted by molar-refractivity contribution is 6.01. The number of ether oxygens (including phenoxy) is 1. The van der Waals surface area contributed by atoms with Gasteiger partial charge in [0, 0.05) is 11.6 Å². The van der Waals surface area contributed by atoms with Gasteiger partial charge in [-0.2, -0.15) is 4.98 Å². The topological polar surface area (TPSA) is 52.1 Å². The molecule has 0 aromatic carbocycles. The predicted octanol–water partition coefficient (Wildman–Crippen LogP) is 1.64. The average molecular weight is 206 g/mol. The van der Waals surface area contributed by atoms with Crippen LogP contribution < -0.4 is 4.74 Å². The number of Topliss-reactive ketones (excluding diaryl/α,β-unsaturated/α-hetero) is 1. The molecule has 1 aromatic heterocycles. The maximum absolute atomic E-state index is 12.0. The first-order valence-electron chi connectivity index (χ1n) is 4.99. The smallest absolute Gasteiger partial charge is 0.316 e. The molecule has 0 aliphatic heterocycles. The van der Waals surface area contributed by atoms with Gasteiger partial charge in [0.25, 0.3) is 0 Å². The molecule has 0 radical (unpaired) electrons. The molecule has 1 aromatic rings. The summed E-state index contributed by atoms with van der Waals surface area (Å²) in [5.74, 6) is 0.131. The van der Waals surface area contributed by atoms with Crippen molar-refractivity contribution in [1.29, 1.82) is 0 Å². The van der Waals surface area contributed by atoms with E-state index < -0.39 is 0 Å². The molecule has 1 aliphatic carbocycles. The van der Waals surface area contributed by atoms with E-state index in [0.29, 0.717) is 11.6 Å². The van der Waals surface area contributed by atoms with E-state index in [9.17, 15) is 4.79 Å². The van der Waals surface area contributed by atoms with Crippen molar-refractivity contribution in [1.82, 2.24) is 9.97 Å². The van der Waals surface area contributed by atoms with E-state index in [2.05, 4.69) is 9.97 Å². The zero-order valence-electron chi connectivity index (χ0n) is 9.20. The van der Waals surface area contributed by atoms with Gasteiger partial charge in [-0.1, -0.05) is 13.8 Å². The predicted molar refractivity (Wildman–Crippen MR) is 55.0 cm³/mol. The highest BCUT2D eigenvalue weighted by Crippen LogP contribution is 2.33. The van der Waals surface area contributed by atoms with Gasteiger partial charge in [0.15, 0.2) is 5.78 Å². The van der Waals surface area contributed by atoms with Crippen LogP contribution in [0.4, 0.5) is 0 Å². The number of fused-ring (bicyclic) bond motifs is 1. The summed E-state index contributed by atoms with van der Waals surface area (Å²) < 4.78 is 4.93. The Morgan fingerprint density at radius 2 is 2.20 bits per heavy atom. The lowest BCUT2D eigenvalue weighted by molar-refractivity contribution is 0.0808. The Morgan fingerprint density at radius 1 is 1.47 bits per heavy atom. The second-order valence-corrected chi connectivity index (χ2v) is 4.43. The minimum absolute atomic E-state index is 0.131. The SMILES string of the molecule is COc1ncc2c(n1)CCC(C)(C)C2=O. The number of rotatable bonds is 1. The van der Waals surface area contributed by atoms with Crippen molar-refractivity contribution < 1.29 is 9.53 Å². The Hall–Kier alpha value is -1.45. The van der Waals surface area contributed by atoms with Crippen LogP contribution in [0.25, 0.3) is 0 Å². The summed E-state index contributed by atoms with van der Waals surface area (Å²) in [7, 11) is 1.52. The number of carbonyl (C=O) groups is 1. The molecule has 1 aliphatic rings. The molecule has 0 saturated heterocycles. The molecule has 1 heterocycles. The van der Waals surface area contributed by atoms with Gasteiger partial charge in [-0.05, 0) is 12.8 Å². The molecule has 4 nitrogen and oxygen atoms in total. The Bertz CT molecular complexity index is 413. The number of hydrogen-bond acceptors (Lipinski definition) is 4. The fourth-order valence-corrected chi connectivity index (χ4v) is 1.79. The van der Waals surface area contributed by atoms with E-state index in [1.54, 1.807) is 6.20 Å². The van der Waals surface area contributed by atoms with Crippen LogP contribution in [0.15, 0.2) is 6.20 Å². The fraction of sp³-hybridized carbons (Fsp3) is 0.545. The molecule has 0 fully saturated rings. The van der Waals surface area contributed by atoms with Crippen LogP contribution in [0.2, 0.25) is 0 Å². The average Bonchev–Trinajstić information content (AvgIpc) is 2.23. The minimum Gasteiger partial charge on any atom is -0.467 e. The molecule has 2 rings (SSSR count). The van der Waals surface area contributed by atoms with Crippen LogP contribution in [-0.2, 0) is 6.42 Å². The van der Waals surface area contributed by atoms with Gasteiger partial charge >= 0.3 is 6.01 Å². The number of nitrogens with zero attached hydrogens (tertiary/aromatic N) is 2. The molecule has 0 spiro atoms. The Kier molecular flexibility index (Phi) is 2.21. The first-order chi connectivity index (χ1) is 7.04. The molecule has 0 atom stereocenters. The van der Waals surface area contributed by atoms with Crippen LogP contribution >= 0.6 is 0 Å². The third-order valence-corrected chi connectivity index (χ3v) is 2.87. The summed E-state index contributed by atoms with van der Waals surface area (Å²) in [4.78, 5) is 20.2. The second kappa shape index (κ2) is 3.29. The number of hydrogen-bond donors (Lipinski definition) is 0. The zero-order valence-corrected chi connectivity index (χ0v) is 9.20. The molecular formula is C11H14N2O2. The van der Waals surface area contributed by atoms with E-state index in [-0.39, 0.29) is 11.2 Å². The molecular weight excluding hydrogens is 192 g/mol. The Morgan fingerprint density at radius 3 is 2.87 bits per heavy atom. The Balaban J connectivity index is 2.46. The monoisotopic (exact) mass is 206 g/mol. The maximum atomic E-state index is 12.0. The van der Waals surface area contributed by atoms with Crippen LogP contribution in [0.1, 0.15) is 36.3 Å². The summed E-state index contributed by atoms with van der Waals surface area (Å²) in [6.07, 6.45) is 3.22. The molecule has 0 bridgehead atoms. The number of aryl methyl sites for hydroxylation is 1. The third kappa shape index (κ3) is 1.60. The summed E-state index contributed by atoms with van der Waals surface area (Å²) in [5, 5.41) is 0. The quantitative estimate of drug-likeness (QED) is 0.701. The van der Waals surface area contributed by atoms with Gasteiger partial charge in [-0.25, -0.2) is 4.98 Å². The summed E-state index contributed by atoms with van der Waals surface area (Å²) in [5.41, 5.74) is 1.17. The molecule has 0 saturated carbocycles. The van der Waals surface area contributed by atoms with Gasteiger partial charge in [0.2, 0.25) is 0 Å². The van der Waals surface area contributed by atoms with Gasteiger partial charge < -0.3 is 4.74 Å². The van der Waals surface area contributed by atoms with Crippen LogP contribution in [0.3, 0.4) is 0 Å². The van der Waals surface area contributed by atoms with Crippen LogP contribution in [-0.4, -0.2) is 22.9 Å². The molecule has 0 N–H and O–H groups in total. The van der Waals surface area contributed by atoms with Crippen molar-refractivity contribution in [3.63, 3.8) is 0 Å². The zero-order chi connectivity index (χ0) is 11.1. The van der Waals surface area contributed by atoms with E-state index in [1.165, 1.54) is 7.11 Å². The number of methoxy groups -OCH3 is 1. The molecule has 80 valence electrons. The fourth-order valence-electron chi connectivity index (χ4n) is 1.79. The van der Waals surface area contributed by atoms with Gasteiger partial charge in [-0.3, -0.25) is 4.79 Å². The lowest BCUT2D eigenvalue weighted by atomic mass is 9.75. The van der Waals surface area contributed by atoms with Crippen molar-refractivity contribution in [3.05, 3.63) is 17.5 Å². The summed E-state index contributed by atoms with van der Waals surface area (Å²) in [6, 6.07) is 0.334. The molecule has 15 heavy (non-hydrogen) atoms. The van der Waals surface area contributed by atoms with Crippen LogP contribution in [0.5, 0.6) is 6.01 Å². The van der Waals surface area contributed by atoms with Crippen molar-refractivity contribution in [2.24, 2.45) is 5.41 Å². The van der Waals surface area contributed by atoms with Gasteiger partial charge in [0.05, 0.1) is 18.4 Å². The summed E-state index contributed by atoms with van der Waals surface area (Å²) >= 11 is 0. The van der Waals surface area contributed by atoms with E-state index >= 15 is 0 Å². The summed E-state index contributed by atoms with van der Waals surface area (Å²) in [6.45, 7) is 3.92. The minimum atomic E-state index is -0.287.